The van der Waals surface area contributed by atoms with Gasteiger partial charge in [-0.3, -0.25) is 4.79 Å². The minimum atomic E-state index is -0.428. The number of hydrogen-bond donors (Lipinski definition) is 1. The van der Waals surface area contributed by atoms with E-state index in [-0.39, 0.29) is 5.91 Å². The summed E-state index contributed by atoms with van der Waals surface area (Å²) in [5.74, 6) is 0.925. The number of nitrogens with zero attached hydrogens (tertiary/aromatic N) is 3. The first-order valence-electron chi connectivity index (χ1n) is 11.1. The lowest BCUT2D eigenvalue weighted by atomic mass is 10.1. The van der Waals surface area contributed by atoms with Gasteiger partial charge in [-0.1, -0.05) is 60.3 Å². The summed E-state index contributed by atoms with van der Waals surface area (Å²) in [6.45, 7) is 4.05. The van der Waals surface area contributed by atoms with Gasteiger partial charge in [0.25, 0.3) is 0 Å². The fraction of sp³-hybridized carbons (Fsp3) is 0.269. The van der Waals surface area contributed by atoms with Gasteiger partial charge in [0.1, 0.15) is 11.1 Å². The average molecular weight is 475 g/mol. The SMILES string of the molecule is Cc1ccc(C)c(NC(=O)C(Sc2nnc(Cc3cccs3)n2C2CC2)c2ccccc2)c1. The van der Waals surface area contributed by atoms with E-state index in [1.807, 2.05) is 56.3 Å². The molecule has 0 aliphatic heterocycles. The van der Waals surface area contributed by atoms with Crippen molar-refractivity contribution in [2.24, 2.45) is 0 Å². The third-order valence-electron chi connectivity index (χ3n) is 5.77. The summed E-state index contributed by atoms with van der Waals surface area (Å²) in [4.78, 5) is 14.8. The van der Waals surface area contributed by atoms with Crippen LogP contribution >= 0.6 is 23.1 Å². The standard InChI is InChI=1S/C26H26N4OS2/c1-17-10-11-18(2)22(15-17)27-25(31)24(19-7-4-3-5-8-19)33-26-29-28-23(30(26)20-12-13-20)16-21-9-6-14-32-21/h3-11,14-15,20,24H,12-13,16H2,1-2H3,(H,27,31). The molecular formula is C26H26N4OS2. The van der Waals surface area contributed by atoms with Gasteiger partial charge >= 0.3 is 0 Å². The Morgan fingerprint density at radius 3 is 2.67 bits per heavy atom. The molecule has 0 radical (unpaired) electrons. The summed E-state index contributed by atoms with van der Waals surface area (Å²) in [5.41, 5.74) is 3.97. The van der Waals surface area contributed by atoms with Crippen molar-refractivity contribution >= 4 is 34.7 Å². The number of carbonyl (C=O) groups is 1. The number of aryl methyl sites for hydroxylation is 2. The van der Waals surface area contributed by atoms with E-state index in [4.69, 9.17) is 0 Å². The molecule has 168 valence electrons. The van der Waals surface area contributed by atoms with Crippen LogP contribution in [0.25, 0.3) is 0 Å². The predicted molar refractivity (Wildman–Crippen MR) is 135 cm³/mol. The summed E-state index contributed by atoms with van der Waals surface area (Å²) in [6, 6.07) is 20.7. The molecule has 0 saturated heterocycles. The summed E-state index contributed by atoms with van der Waals surface area (Å²) < 4.78 is 2.26. The van der Waals surface area contributed by atoms with Gasteiger partial charge in [-0.25, -0.2) is 0 Å². The zero-order valence-corrected chi connectivity index (χ0v) is 20.3. The van der Waals surface area contributed by atoms with Crippen molar-refractivity contribution in [3.05, 3.63) is 93.4 Å². The minimum absolute atomic E-state index is 0.0509. The van der Waals surface area contributed by atoms with Crippen LogP contribution in [-0.4, -0.2) is 20.7 Å². The molecule has 0 bridgehead atoms. The molecular weight excluding hydrogens is 448 g/mol. The molecule has 2 aromatic heterocycles. The maximum Gasteiger partial charge on any atom is 0.242 e. The first-order valence-corrected chi connectivity index (χ1v) is 12.9. The zero-order valence-electron chi connectivity index (χ0n) is 18.7. The number of thiophene rings is 1. The van der Waals surface area contributed by atoms with E-state index < -0.39 is 5.25 Å². The summed E-state index contributed by atoms with van der Waals surface area (Å²) in [5, 5.41) is 14.7. The molecule has 5 rings (SSSR count). The van der Waals surface area contributed by atoms with E-state index in [0.717, 1.165) is 52.6 Å². The number of anilines is 1. The largest absolute Gasteiger partial charge is 0.325 e. The zero-order chi connectivity index (χ0) is 22.8. The third kappa shape index (κ3) is 5.04. The summed E-state index contributed by atoms with van der Waals surface area (Å²) in [7, 11) is 0. The molecule has 2 aromatic carbocycles. The van der Waals surface area contributed by atoms with E-state index >= 15 is 0 Å². The van der Waals surface area contributed by atoms with Gasteiger partial charge in [0.15, 0.2) is 5.16 Å². The molecule has 1 aliphatic carbocycles. The molecule has 33 heavy (non-hydrogen) atoms. The van der Waals surface area contributed by atoms with E-state index in [0.29, 0.717) is 6.04 Å². The molecule has 1 aliphatic rings. The van der Waals surface area contributed by atoms with Gasteiger partial charge in [-0.2, -0.15) is 0 Å². The second kappa shape index (κ2) is 9.53. The number of benzene rings is 2. The molecule has 7 heteroatoms. The third-order valence-corrected chi connectivity index (χ3v) is 7.86. The first kappa shape index (κ1) is 21.9. The molecule has 1 saturated carbocycles. The molecule has 1 fully saturated rings. The molecule has 2 heterocycles. The summed E-state index contributed by atoms with van der Waals surface area (Å²) in [6.07, 6.45) is 3.04. The Morgan fingerprint density at radius 1 is 1.12 bits per heavy atom. The number of hydrogen-bond acceptors (Lipinski definition) is 5. The lowest BCUT2D eigenvalue weighted by Crippen LogP contribution is -2.20. The van der Waals surface area contributed by atoms with Crippen molar-refractivity contribution in [2.45, 2.75) is 49.6 Å². The molecule has 1 amide bonds. The summed E-state index contributed by atoms with van der Waals surface area (Å²) >= 11 is 3.22. The van der Waals surface area contributed by atoms with Crippen LogP contribution in [0.2, 0.25) is 0 Å². The molecule has 1 N–H and O–H groups in total. The van der Waals surface area contributed by atoms with E-state index in [1.54, 1.807) is 11.3 Å². The van der Waals surface area contributed by atoms with Crippen molar-refractivity contribution in [3.63, 3.8) is 0 Å². The number of carbonyl (C=O) groups excluding carboxylic acids is 1. The van der Waals surface area contributed by atoms with Gasteiger partial charge in [0.2, 0.25) is 5.91 Å². The van der Waals surface area contributed by atoms with Gasteiger partial charge in [0.05, 0.1) is 0 Å². The van der Waals surface area contributed by atoms with E-state index in [1.165, 1.54) is 16.6 Å². The maximum absolute atomic E-state index is 13.6. The molecule has 5 nitrogen and oxygen atoms in total. The van der Waals surface area contributed by atoms with Gasteiger partial charge in [0, 0.05) is 23.0 Å². The Kier molecular flexibility index (Phi) is 6.33. The number of amides is 1. The van der Waals surface area contributed by atoms with Crippen molar-refractivity contribution in [3.8, 4) is 0 Å². The van der Waals surface area contributed by atoms with Gasteiger partial charge in [-0.15, -0.1) is 21.5 Å². The lowest BCUT2D eigenvalue weighted by Gasteiger charge is -2.18. The monoisotopic (exact) mass is 474 g/mol. The Bertz CT molecular complexity index is 1250. The number of thioether (sulfide) groups is 1. The topological polar surface area (TPSA) is 59.8 Å². The maximum atomic E-state index is 13.6. The van der Waals surface area contributed by atoms with E-state index in [9.17, 15) is 4.79 Å². The van der Waals surface area contributed by atoms with Crippen LogP contribution in [-0.2, 0) is 11.2 Å². The molecule has 4 aromatic rings. The Labute approximate surface area is 202 Å². The van der Waals surface area contributed by atoms with Gasteiger partial charge in [-0.05, 0) is 60.9 Å². The highest BCUT2D eigenvalue weighted by Crippen LogP contribution is 2.43. The number of nitrogens with one attached hydrogen (secondary N) is 1. The number of rotatable bonds is 8. The van der Waals surface area contributed by atoms with Crippen LogP contribution in [0.5, 0.6) is 0 Å². The average Bonchev–Trinajstić information content (AvgIpc) is 3.37. The van der Waals surface area contributed by atoms with Crippen LogP contribution in [0.3, 0.4) is 0 Å². The number of aromatic nitrogens is 3. The van der Waals surface area contributed by atoms with Crippen LogP contribution in [0.1, 0.15) is 51.5 Å². The minimum Gasteiger partial charge on any atom is -0.325 e. The fourth-order valence-corrected chi connectivity index (χ4v) is 5.68. The molecule has 0 spiro atoms. The Hall–Kier alpha value is -2.90. The van der Waals surface area contributed by atoms with Gasteiger partial charge < -0.3 is 9.88 Å². The van der Waals surface area contributed by atoms with Crippen molar-refractivity contribution in [2.75, 3.05) is 5.32 Å². The molecule has 1 atom stereocenters. The van der Waals surface area contributed by atoms with Crippen molar-refractivity contribution in [1.82, 2.24) is 14.8 Å². The highest BCUT2D eigenvalue weighted by Gasteiger charge is 2.32. The van der Waals surface area contributed by atoms with Crippen LogP contribution in [0.4, 0.5) is 5.69 Å². The Balaban J connectivity index is 1.45. The van der Waals surface area contributed by atoms with Crippen LogP contribution < -0.4 is 5.32 Å². The molecule has 1 unspecified atom stereocenters. The Morgan fingerprint density at radius 2 is 1.94 bits per heavy atom. The fourth-order valence-electron chi connectivity index (χ4n) is 3.85. The van der Waals surface area contributed by atoms with E-state index in [2.05, 4.69) is 43.7 Å². The van der Waals surface area contributed by atoms with Crippen molar-refractivity contribution < 1.29 is 4.79 Å². The highest BCUT2D eigenvalue weighted by atomic mass is 32.2. The smallest absolute Gasteiger partial charge is 0.242 e. The normalized spacial score (nSPS) is 14.2. The lowest BCUT2D eigenvalue weighted by molar-refractivity contribution is -0.115. The quantitative estimate of drug-likeness (QED) is 0.302. The second-order valence-corrected chi connectivity index (χ2v) is 10.6. The first-order chi connectivity index (χ1) is 16.1. The second-order valence-electron chi connectivity index (χ2n) is 8.47. The predicted octanol–water partition coefficient (Wildman–Crippen LogP) is 6.35. The van der Waals surface area contributed by atoms with Crippen molar-refractivity contribution in [1.29, 1.82) is 0 Å². The van der Waals surface area contributed by atoms with Crippen LogP contribution in [0, 0.1) is 13.8 Å². The van der Waals surface area contributed by atoms with Crippen LogP contribution in [0.15, 0.2) is 71.2 Å². The highest BCUT2D eigenvalue weighted by molar-refractivity contribution is 8.00.